The molecule has 0 spiro atoms. The molecule has 8 nitrogen and oxygen atoms in total. The number of aliphatic hydroxyl groups excluding tert-OH is 1. The lowest BCUT2D eigenvalue weighted by atomic mass is 10.1. The van der Waals surface area contributed by atoms with Crippen molar-refractivity contribution in [2.75, 3.05) is 0 Å². The van der Waals surface area contributed by atoms with Crippen LogP contribution in [0.25, 0.3) is 28.2 Å². The molecule has 0 radical (unpaired) electrons. The highest BCUT2D eigenvalue weighted by Gasteiger charge is 2.10. The van der Waals surface area contributed by atoms with Crippen LogP contribution in [0.2, 0.25) is 0 Å². The van der Waals surface area contributed by atoms with Crippen LogP contribution in [-0.2, 0) is 0 Å². The molecule has 0 bridgehead atoms. The van der Waals surface area contributed by atoms with Crippen LogP contribution < -0.4 is 21.6 Å². The molecule has 0 unspecified atom stereocenters. The smallest absolute Gasteiger partial charge is 0.139 e. The zero-order valence-corrected chi connectivity index (χ0v) is 18.7. The summed E-state index contributed by atoms with van der Waals surface area (Å²) in [6.07, 6.45) is 10.6. The molecular formula is C25H25N7O. The number of pyridine rings is 1. The first-order valence-corrected chi connectivity index (χ1v) is 10.4. The maximum Gasteiger partial charge on any atom is 0.139 e. The summed E-state index contributed by atoms with van der Waals surface area (Å²) in [5, 5.41) is 22.1. The minimum Gasteiger partial charge on any atom is -0.512 e. The second-order valence-electron chi connectivity index (χ2n) is 7.73. The van der Waals surface area contributed by atoms with Gasteiger partial charge in [0.15, 0.2) is 0 Å². The molecule has 3 heterocycles. The van der Waals surface area contributed by atoms with Crippen LogP contribution >= 0.6 is 0 Å². The Balaban J connectivity index is 1.82. The summed E-state index contributed by atoms with van der Waals surface area (Å²) in [4.78, 5) is 13.8. The fourth-order valence-corrected chi connectivity index (χ4v) is 3.51. The van der Waals surface area contributed by atoms with Gasteiger partial charge in [0, 0.05) is 28.9 Å². The first-order valence-electron chi connectivity index (χ1n) is 10.4. The van der Waals surface area contributed by atoms with Crippen molar-refractivity contribution in [1.29, 1.82) is 5.41 Å². The molecule has 4 rings (SSSR count). The molecule has 1 aliphatic rings. The van der Waals surface area contributed by atoms with Crippen molar-refractivity contribution in [1.82, 2.24) is 19.9 Å². The number of hydrogen-bond acceptors (Lipinski definition) is 6. The second kappa shape index (κ2) is 8.96. The maximum atomic E-state index is 10.2. The van der Waals surface area contributed by atoms with E-state index in [0.29, 0.717) is 33.6 Å². The van der Waals surface area contributed by atoms with E-state index in [1.54, 1.807) is 32.3 Å². The molecule has 5 N–H and O–H groups in total. The number of benzene rings is 1. The minimum atomic E-state index is 0.208. The molecule has 0 fully saturated rings. The molecule has 33 heavy (non-hydrogen) atoms. The fraction of sp³-hybridized carbons (Fsp3) is 0.120. The highest BCUT2D eigenvalue weighted by Crippen LogP contribution is 2.22. The first kappa shape index (κ1) is 21.8. The third-order valence-electron chi connectivity index (χ3n) is 5.14. The van der Waals surface area contributed by atoms with Gasteiger partial charge in [0.25, 0.3) is 0 Å². The number of amidine groups is 1. The fourth-order valence-electron chi connectivity index (χ4n) is 3.51. The van der Waals surface area contributed by atoms with Crippen LogP contribution in [0, 0.1) is 5.41 Å². The van der Waals surface area contributed by atoms with E-state index in [-0.39, 0.29) is 5.76 Å². The van der Waals surface area contributed by atoms with Crippen molar-refractivity contribution in [2.45, 2.75) is 20.8 Å². The van der Waals surface area contributed by atoms with Gasteiger partial charge in [-0.15, -0.1) is 0 Å². The number of nitrogens with zero attached hydrogens (tertiary/aromatic N) is 4. The van der Waals surface area contributed by atoms with Crippen molar-refractivity contribution in [3.8, 4) is 5.82 Å². The Bertz CT molecular complexity index is 1500. The van der Waals surface area contributed by atoms with E-state index in [1.165, 1.54) is 0 Å². The van der Waals surface area contributed by atoms with E-state index >= 15 is 0 Å². The van der Waals surface area contributed by atoms with Gasteiger partial charge in [0.1, 0.15) is 18.0 Å². The highest BCUT2D eigenvalue weighted by atomic mass is 16.3. The van der Waals surface area contributed by atoms with E-state index in [1.807, 2.05) is 60.3 Å². The quantitative estimate of drug-likeness (QED) is 0.367. The van der Waals surface area contributed by atoms with Crippen LogP contribution in [0.4, 0.5) is 5.69 Å². The Morgan fingerprint density at radius 3 is 2.76 bits per heavy atom. The number of aromatic nitrogens is 3. The second-order valence-corrected chi connectivity index (χ2v) is 7.73. The summed E-state index contributed by atoms with van der Waals surface area (Å²) in [7, 11) is 0. The molecule has 0 saturated carbocycles. The lowest BCUT2D eigenvalue weighted by Gasteiger charge is -2.10. The van der Waals surface area contributed by atoms with Gasteiger partial charge in [-0.1, -0.05) is 0 Å². The number of dihydropyridines is 1. The van der Waals surface area contributed by atoms with Crippen LogP contribution in [0.5, 0.6) is 0 Å². The van der Waals surface area contributed by atoms with Crippen molar-refractivity contribution in [2.24, 2.45) is 10.7 Å². The first-order chi connectivity index (χ1) is 15.8. The van der Waals surface area contributed by atoms with Crippen LogP contribution in [0.1, 0.15) is 20.8 Å². The van der Waals surface area contributed by atoms with Crippen molar-refractivity contribution < 1.29 is 5.11 Å². The Morgan fingerprint density at radius 2 is 2.03 bits per heavy atom. The zero-order chi connectivity index (χ0) is 23.5. The average Bonchev–Trinajstić information content (AvgIpc) is 3.21. The molecule has 0 atom stereocenters. The normalized spacial score (nSPS) is 16.7. The Kier molecular flexibility index (Phi) is 5.91. The van der Waals surface area contributed by atoms with Gasteiger partial charge in [-0.05, 0) is 74.9 Å². The van der Waals surface area contributed by atoms with E-state index in [2.05, 4.69) is 15.3 Å². The Labute approximate surface area is 191 Å². The molecule has 8 heteroatoms. The number of allylic oxidation sites excluding steroid dienone is 3. The largest absolute Gasteiger partial charge is 0.512 e. The third kappa shape index (κ3) is 4.59. The summed E-state index contributed by atoms with van der Waals surface area (Å²) < 4.78 is 1.90. The van der Waals surface area contributed by atoms with Crippen molar-refractivity contribution in [3.63, 3.8) is 0 Å². The van der Waals surface area contributed by atoms with Gasteiger partial charge in [0.05, 0.1) is 27.8 Å². The third-order valence-corrected chi connectivity index (χ3v) is 5.14. The predicted octanol–water partition coefficient (Wildman–Crippen LogP) is 2.86. The van der Waals surface area contributed by atoms with Gasteiger partial charge in [0.2, 0.25) is 0 Å². The molecular weight excluding hydrogens is 414 g/mol. The van der Waals surface area contributed by atoms with Crippen molar-refractivity contribution >= 4 is 39.6 Å². The van der Waals surface area contributed by atoms with E-state index < -0.39 is 0 Å². The molecule has 0 saturated heterocycles. The summed E-state index contributed by atoms with van der Waals surface area (Å²) in [5.74, 6) is 1.21. The number of nitrogens with two attached hydrogens (primary N) is 1. The topological polar surface area (TPSA) is 125 Å². The highest BCUT2D eigenvalue weighted by molar-refractivity contribution is 6.00. The summed E-state index contributed by atoms with van der Waals surface area (Å²) >= 11 is 0. The number of imidazole rings is 1. The average molecular weight is 440 g/mol. The molecule has 2 aromatic heterocycles. The Hall–Kier alpha value is -4.46. The summed E-state index contributed by atoms with van der Waals surface area (Å²) in [6, 6.07) is 9.35. The van der Waals surface area contributed by atoms with Crippen LogP contribution in [-0.4, -0.2) is 31.2 Å². The standard InChI is InChI=1S/C25H25N7O/c1-15-13-28-11-10-19(15)25-20(17(3)33)6-9-24(31-25)32-14-29-21-12-18(5-7-22(21)32)30-23(27)8-4-16(2)26/h4-14,26,28,33H,1-3H3,(H2,27,30)/b8-4-,20-17-,25-19-,26-16?. The number of fused-ring (bicyclic) bond motifs is 1. The maximum absolute atomic E-state index is 10.2. The summed E-state index contributed by atoms with van der Waals surface area (Å²) in [5.41, 5.74) is 10.6. The van der Waals surface area contributed by atoms with Gasteiger partial charge in [-0.25, -0.2) is 15.0 Å². The molecule has 0 aliphatic carbocycles. The van der Waals surface area contributed by atoms with E-state index in [0.717, 1.165) is 22.2 Å². The number of hydrogen-bond donors (Lipinski definition) is 4. The minimum absolute atomic E-state index is 0.208. The Morgan fingerprint density at radius 1 is 1.21 bits per heavy atom. The lowest BCUT2D eigenvalue weighted by molar-refractivity contribution is 0.498. The SMILES string of the molecule is CC(=N)/C=C\C(N)=Nc1ccc2c(c1)ncn2-c1ccc(=C(\C)O)/c(=C2\C=CNC=C2C)n1. The van der Waals surface area contributed by atoms with Gasteiger partial charge < -0.3 is 21.6 Å². The number of nitrogens with one attached hydrogen (secondary N) is 2. The molecule has 166 valence electrons. The number of aliphatic hydroxyl groups is 1. The number of aliphatic imine (C=N–C) groups is 1. The van der Waals surface area contributed by atoms with Gasteiger partial charge in [-0.3, -0.25) is 4.57 Å². The number of rotatable bonds is 4. The molecule has 3 aromatic rings. The monoisotopic (exact) mass is 439 g/mol. The van der Waals surface area contributed by atoms with Crippen molar-refractivity contribution in [3.05, 3.63) is 83.4 Å². The van der Waals surface area contributed by atoms with Gasteiger partial charge >= 0.3 is 0 Å². The molecule has 1 aromatic carbocycles. The molecule has 0 amide bonds. The lowest BCUT2D eigenvalue weighted by Crippen LogP contribution is -2.33. The van der Waals surface area contributed by atoms with Gasteiger partial charge in [-0.2, -0.15) is 0 Å². The van der Waals surface area contributed by atoms with E-state index in [4.69, 9.17) is 16.1 Å². The predicted molar refractivity (Wildman–Crippen MR) is 133 cm³/mol. The summed E-state index contributed by atoms with van der Waals surface area (Å²) in [6.45, 7) is 5.32. The van der Waals surface area contributed by atoms with Crippen LogP contribution in [0.3, 0.4) is 0 Å². The molecule has 1 aliphatic heterocycles. The van der Waals surface area contributed by atoms with E-state index in [9.17, 15) is 5.11 Å². The zero-order valence-electron chi connectivity index (χ0n) is 18.7. The van der Waals surface area contributed by atoms with Crippen LogP contribution in [0.15, 0.2) is 77.9 Å².